The van der Waals surface area contributed by atoms with Crippen LogP contribution in [-0.2, 0) is 6.42 Å². The van der Waals surface area contributed by atoms with Gasteiger partial charge in [-0.2, -0.15) is 0 Å². The van der Waals surface area contributed by atoms with E-state index in [1.54, 1.807) is 7.11 Å². The van der Waals surface area contributed by atoms with Crippen molar-refractivity contribution in [1.82, 2.24) is 0 Å². The number of fused-ring (bicyclic) bond motifs is 3. The molecule has 3 aromatic rings. The summed E-state index contributed by atoms with van der Waals surface area (Å²) in [5, 5.41) is 0. The fourth-order valence-corrected chi connectivity index (χ4v) is 3.65. The highest BCUT2D eigenvalue weighted by Gasteiger charge is 2.28. The van der Waals surface area contributed by atoms with Crippen molar-refractivity contribution in [2.24, 2.45) is 0 Å². The van der Waals surface area contributed by atoms with Gasteiger partial charge in [-0.1, -0.05) is 60.2 Å². The van der Waals surface area contributed by atoms with Crippen molar-refractivity contribution in [2.75, 3.05) is 7.11 Å². The summed E-state index contributed by atoms with van der Waals surface area (Å²) in [4.78, 5) is 0. The first-order valence-electron chi connectivity index (χ1n) is 8.09. The van der Waals surface area contributed by atoms with Gasteiger partial charge in [0.1, 0.15) is 5.75 Å². The highest BCUT2D eigenvalue weighted by molar-refractivity contribution is 5.79. The Hall–Kier alpha value is -2.54. The van der Waals surface area contributed by atoms with E-state index in [1.807, 2.05) is 12.1 Å². The summed E-state index contributed by atoms with van der Waals surface area (Å²) in [5.41, 5.74) is 8.37. The molecule has 1 unspecified atom stereocenters. The quantitative estimate of drug-likeness (QED) is 0.633. The zero-order chi connectivity index (χ0) is 15.8. The van der Waals surface area contributed by atoms with Crippen molar-refractivity contribution in [1.29, 1.82) is 0 Å². The Morgan fingerprint density at radius 1 is 0.826 bits per heavy atom. The van der Waals surface area contributed by atoms with Gasteiger partial charge in [-0.25, -0.2) is 0 Å². The first-order chi connectivity index (χ1) is 11.3. The SMILES string of the molecule is COc1ccc(CC2c3ccccc3-c3ccc(C)cc32)cc1. The maximum atomic E-state index is 5.27. The van der Waals surface area contributed by atoms with Gasteiger partial charge in [-0.05, 0) is 53.3 Å². The molecule has 0 bridgehead atoms. The van der Waals surface area contributed by atoms with Gasteiger partial charge >= 0.3 is 0 Å². The molecule has 0 aliphatic heterocycles. The minimum absolute atomic E-state index is 0.439. The Morgan fingerprint density at radius 2 is 1.57 bits per heavy atom. The van der Waals surface area contributed by atoms with Crippen LogP contribution in [0.15, 0.2) is 66.7 Å². The molecule has 1 heteroatoms. The van der Waals surface area contributed by atoms with Gasteiger partial charge < -0.3 is 4.74 Å². The lowest BCUT2D eigenvalue weighted by molar-refractivity contribution is 0.414. The van der Waals surface area contributed by atoms with Gasteiger partial charge in [0.05, 0.1) is 7.11 Å². The van der Waals surface area contributed by atoms with Gasteiger partial charge in [0.25, 0.3) is 0 Å². The molecule has 0 N–H and O–H groups in total. The van der Waals surface area contributed by atoms with Gasteiger partial charge in [-0.15, -0.1) is 0 Å². The Kier molecular flexibility index (Phi) is 3.42. The van der Waals surface area contributed by atoms with Crippen LogP contribution in [0.4, 0.5) is 0 Å². The molecule has 3 aromatic carbocycles. The third-order valence-electron chi connectivity index (χ3n) is 4.81. The van der Waals surface area contributed by atoms with E-state index in [0.717, 1.165) is 12.2 Å². The summed E-state index contributed by atoms with van der Waals surface area (Å²) in [5.74, 6) is 1.35. The predicted octanol–water partition coefficient (Wildman–Crippen LogP) is 5.36. The fourth-order valence-electron chi connectivity index (χ4n) is 3.65. The highest BCUT2D eigenvalue weighted by atomic mass is 16.5. The molecule has 1 nitrogen and oxygen atoms in total. The van der Waals surface area contributed by atoms with E-state index in [4.69, 9.17) is 4.74 Å². The smallest absolute Gasteiger partial charge is 0.118 e. The molecular weight excluding hydrogens is 280 g/mol. The highest BCUT2D eigenvalue weighted by Crippen LogP contribution is 2.46. The maximum Gasteiger partial charge on any atom is 0.118 e. The lowest BCUT2D eigenvalue weighted by atomic mass is 9.89. The zero-order valence-electron chi connectivity index (χ0n) is 13.5. The molecule has 23 heavy (non-hydrogen) atoms. The van der Waals surface area contributed by atoms with E-state index in [1.165, 1.54) is 33.4 Å². The minimum Gasteiger partial charge on any atom is -0.497 e. The van der Waals surface area contributed by atoms with E-state index in [-0.39, 0.29) is 0 Å². The molecule has 0 aromatic heterocycles. The molecule has 0 fully saturated rings. The zero-order valence-corrected chi connectivity index (χ0v) is 13.5. The van der Waals surface area contributed by atoms with Crippen molar-refractivity contribution in [2.45, 2.75) is 19.3 Å². The third kappa shape index (κ3) is 2.43. The molecule has 114 valence electrons. The standard InChI is InChI=1S/C22H20O/c1-15-7-12-20-18-5-3-4-6-19(18)22(21(20)13-15)14-16-8-10-17(23-2)11-9-16/h3-13,22H,14H2,1-2H3. The number of methoxy groups -OCH3 is 1. The minimum atomic E-state index is 0.439. The van der Waals surface area contributed by atoms with Crippen LogP contribution in [0.25, 0.3) is 11.1 Å². The largest absolute Gasteiger partial charge is 0.497 e. The van der Waals surface area contributed by atoms with E-state index in [9.17, 15) is 0 Å². The van der Waals surface area contributed by atoms with Crippen molar-refractivity contribution >= 4 is 0 Å². The van der Waals surface area contributed by atoms with E-state index < -0.39 is 0 Å². The third-order valence-corrected chi connectivity index (χ3v) is 4.81. The number of hydrogen-bond donors (Lipinski definition) is 0. The summed E-state index contributed by atoms with van der Waals surface area (Å²) in [6.07, 6.45) is 1.03. The van der Waals surface area contributed by atoms with Gasteiger partial charge in [0.15, 0.2) is 0 Å². The van der Waals surface area contributed by atoms with Crippen LogP contribution in [0.1, 0.15) is 28.2 Å². The first-order valence-corrected chi connectivity index (χ1v) is 8.09. The van der Waals surface area contributed by atoms with Crippen LogP contribution in [0.3, 0.4) is 0 Å². The molecule has 1 aliphatic rings. The second kappa shape index (κ2) is 5.58. The van der Waals surface area contributed by atoms with E-state index in [2.05, 4.69) is 61.5 Å². The van der Waals surface area contributed by atoms with E-state index in [0.29, 0.717) is 5.92 Å². The second-order valence-corrected chi connectivity index (χ2v) is 6.28. The average Bonchev–Trinajstić information content (AvgIpc) is 2.89. The van der Waals surface area contributed by atoms with Crippen molar-refractivity contribution in [3.05, 3.63) is 89.0 Å². The van der Waals surface area contributed by atoms with Gasteiger partial charge in [0, 0.05) is 5.92 Å². The summed E-state index contributed by atoms with van der Waals surface area (Å²) >= 11 is 0. The second-order valence-electron chi connectivity index (χ2n) is 6.28. The van der Waals surface area contributed by atoms with Crippen molar-refractivity contribution in [3.63, 3.8) is 0 Å². The van der Waals surface area contributed by atoms with Crippen LogP contribution < -0.4 is 4.74 Å². The monoisotopic (exact) mass is 300 g/mol. The fraction of sp³-hybridized carbons (Fsp3) is 0.182. The normalized spacial score (nSPS) is 15.1. The molecule has 0 spiro atoms. The van der Waals surface area contributed by atoms with Gasteiger partial charge in [-0.3, -0.25) is 0 Å². The molecule has 0 saturated heterocycles. The summed E-state index contributed by atoms with van der Waals surface area (Å²) in [6.45, 7) is 2.17. The molecule has 0 amide bonds. The van der Waals surface area contributed by atoms with E-state index >= 15 is 0 Å². The first kappa shape index (κ1) is 14.1. The molecule has 0 heterocycles. The predicted molar refractivity (Wildman–Crippen MR) is 95.2 cm³/mol. The molecule has 1 atom stereocenters. The molecule has 0 saturated carbocycles. The lowest BCUT2D eigenvalue weighted by Gasteiger charge is -2.14. The summed E-state index contributed by atoms with van der Waals surface area (Å²) < 4.78 is 5.27. The molecule has 1 aliphatic carbocycles. The Labute approximate surface area is 137 Å². The number of ether oxygens (including phenoxy) is 1. The van der Waals surface area contributed by atoms with Crippen molar-refractivity contribution in [3.8, 4) is 16.9 Å². The average molecular weight is 300 g/mol. The summed E-state index contributed by atoms with van der Waals surface area (Å²) in [7, 11) is 1.71. The van der Waals surface area contributed by atoms with Crippen LogP contribution in [-0.4, -0.2) is 7.11 Å². The summed E-state index contributed by atoms with van der Waals surface area (Å²) in [6, 6.07) is 24.1. The Morgan fingerprint density at radius 3 is 2.35 bits per heavy atom. The maximum absolute atomic E-state index is 5.27. The molecular formula is C22H20O. The van der Waals surface area contributed by atoms with Crippen molar-refractivity contribution < 1.29 is 4.74 Å². The van der Waals surface area contributed by atoms with Gasteiger partial charge in [0.2, 0.25) is 0 Å². The Balaban J connectivity index is 1.76. The number of benzene rings is 3. The lowest BCUT2D eigenvalue weighted by Crippen LogP contribution is -2.01. The molecule has 0 radical (unpaired) electrons. The van der Waals surface area contributed by atoms with Crippen LogP contribution in [0, 0.1) is 6.92 Å². The molecule has 4 rings (SSSR count). The Bertz CT molecular complexity index is 846. The van der Waals surface area contributed by atoms with Crippen LogP contribution >= 0.6 is 0 Å². The number of aryl methyl sites for hydroxylation is 1. The van der Waals surface area contributed by atoms with Crippen LogP contribution in [0.2, 0.25) is 0 Å². The number of rotatable bonds is 3. The number of hydrogen-bond acceptors (Lipinski definition) is 1. The van der Waals surface area contributed by atoms with Crippen LogP contribution in [0.5, 0.6) is 5.75 Å². The topological polar surface area (TPSA) is 9.23 Å².